The van der Waals surface area contributed by atoms with Crippen molar-refractivity contribution in [2.75, 3.05) is 18.4 Å². The number of nitrogens with one attached hydrogen (secondary N) is 2. The van der Waals surface area contributed by atoms with Crippen LogP contribution in [-0.2, 0) is 25.7 Å². The number of hydroxylamine groups is 1. The first kappa shape index (κ1) is 31.6. The SMILES string of the molecule is CC1(C)CC2CC(C)(CN2C[C@@H]2C[C@H](c3ccc(CO)cc3)O[C@H](c3cccc(NC(=O)CCCCC(=O)NO)c3)O2)C1. The second kappa shape index (κ2) is 13.4. The van der Waals surface area contributed by atoms with Crippen LogP contribution in [0, 0.1) is 10.8 Å². The topological polar surface area (TPSA) is 120 Å². The second-order valence-electron chi connectivity index (χ2n) is 13.9. The Morgan fingerprint density at radius 1 is 0.977 bits per heavy atom. The van der Waals surface area contributed by atoms with E-state index in [0.717, 1.165) is 36.2 Å². The highest BCUT2D eigenvalue weighted by Crippen LogP contribution is 2.53. The molecule has 2 aromatic carbocycles. The monoisotopic (exact) mass is 593 g/mol. The average Bonchev–Trinajstić information content (AvgIpc) is 3.22. The largest absolute Gasteiger partial charge is 0.392 e. The Hall–Kier alpha value is -2.82. The van der Waals surface area contributed by atoms with Gasteiger partial charge >= 0.3 is 0 Å². The smallest absolute Gasteiger partial charge is 0.243 e. The number of anilines is 1. The van der Waals surface area contributed by atoms with E-state index in [1.807, 2.05) is 48.5 Å². The number of unbranched alkanes of at least 4 members (excludes halogenated alkanes) is 1. The van der Waals surface area contributed by atoms with Gasteiger partial charge in [-0.25, -0.2) is 5.48 Å². The van der Waals surface area contributed by atoms with Crippen molar-refractivity contribution in [3.63, 3.8) is 0 Å². The van der Waals surface area contributed by atoms with Crippen molar-refractivity contribution in [2.45, 2.75) is 103 Å². The molecule has 3 aliphatic rings. The fourth-order valence-corrected chi connectivity index (χ4v) is 7.70. The molecule has 2 aromatic rings. The molecule has 2 bridgehead atoms. The minimum atomic E-state index is -0.593. The highest BCUT2D eigenvalue weighted by atomic mass is 16.7. The number of aliphatic hydroxyl groups is 1. The van der Waals surface area contributed by atoms with Crippen molar-refractivity contribution in [2.24, 2.45) is 10.8 Å². The molecule has 2 saturated heterocycles. The zero-order valence-corrected chi connectivity index (χ0v) is 25.7. The Morgan fingerprint density at radius 2 is 1.72 bits per heavy atom. The summed E-state index contributed by atoms with van der Waals surface area (Å²) < 4.78 is 13.2. The van der Waals surface area contributed by atoms with E-state index in [1.165, 1.54) is 19.3 Å². The maximum absolute atomic E-state index is 12.6. The summed E-state index contributed by atoms with van der Waals surface area (Å²) >= 11 is 0. The van der Waals surface area contributed by atoms with Gasteiger partial charge in [0.15, 0.2) is 6.29 Å². The summed E-state index contributed by atoms with van der Waals surface area (Å²) in [6, 6.07) is 16.1. The van der Waals surface area contributed by atoms with E-state index in [9.17, 15) is 14.7 Å². The maximum Gasteiger partial charge on any atom is 0.243 e. The number of likely N-dealkylation sites (tertiary alicyclic amines) is 1. The van der Waals surface area contributed by atoms with E-state index >= 15 is 0 Å². The van der Waals surface area contributed by atoms with Crippen molar-refractivity contribution in [3.05, 3.63) is 65.2 Å². The van der Waals surface area contributed by atoms with E-state index in [2.05, 4.69) is 31.0 Å². The lowest BCUT2D eigenvalue weighted by molar-refractivity contribution is -0.253. The van der Waals surface area contributed by atoms with Gasteiger partial charge in [0, 0.05) is 49.6 Å². The highest BCUT2D eigenvalue weighted by Gasteiger charge is 2.50. The van der Waals surface area contributed by atoms with Crippen LogP contribution in [-0.4, -0.2) is 52.3 Å². The van der Waals surface area contributed by atoms with Gasteiger partial charge in [0.2, 0.25) is 11.8 Å². The molecule has 0 radical (unpaired) electrons. The van der Waals surface area contributed by atoms with Gasteiger partial charge in [-0.15, -0.1) is 0 Å². The average molecular weight is 594 g/mol. The molecule has 1 saturated carbocycles. The molecule has 5 rings (SSSR count). The minimum absolute atomic E-state index is 0.00212. The number of hydrogen-bond acceptors (Lipinski definition) is 7. The lowest BCUT2D eigenvalue weighted by Crippen LogP contribution is -2.42. The van der Waals surface area contributed by atoms with Crippen LogP contribution in [0.1, 0.15) is 101 Å². The van der Waals surface area contributed by atoms with Crippen LogP contribution in [0.5, 0.6) is 0 Å². The van der Waals surface area contributed by atoms with Gasteiger partial charge in [-0.2, -0.15) is 0 Å². The number of nitrogens with zero attached hydrogens (tertiary/aromatic N) is 1. The third-order valence-corrected chi connectivity index (χ3v) is 9.20. The first-order chi connectivity index (χ1) is 20.5. The van der Waals surface area contributed by atoms with E-state index in [1.54, 1.807) is 5.48 Å². The van der Waals surface area contributed by atoms with Crippen LogP contribution >= 0.6 is 0 Å². The molecule has 5 atom stereocenters. The van der Waals surface area contributed by atoms with Gasteiger partial charge < -0.3 is 19.9 Å². The third kappa shape index (κ3) is 8.22. The number of carbonyl (C=O) groups excluding carboxylic acids is 2. The summed E-state index contributed by atoms with van der Waals surface area (Å²) in [5.41, 5.74) is 5.73. The number of hydrogen-bond donors (Lipinski definition) is 4. The zero-order valence-electron chi connectivity index (χ0n) is 25.7. The molecule has 2 unspecified atom stereocenters. The molecule has 43 heavy (non-hydrogen) atoms. The first-order valence-corrected chi connectivity index (χ1v) is 15.6. The molecular weight excluding hydrogens is 546 g/mol. The Morgan fingerprint density at radius 3 is 2.44 bits per heavy atom. The molecule has 2 amide bonds. The summed E-state index contributed by atoms with van der Waals surface area (Å²) in [4.78, 5) is 26.4. The predicted molar refractivity (Wildman–Crippen MR) is 163 cm³/mol. The Kier molecular flexibility index (Phi) is 9.88. The van der Waals surface area contributed by atoms with Gasteiger partial charge in [-0.05, 0) is 66.2 Å². The lowest BCUT2D eigenvalue weighted by atomic mass is 9.65. The minimum Gasteiger partial charge on any atom is -0.392 e. The Bertz CT molecular complexity index is 1270. The van der Waals surface area contributed by atoms with Crippen LogP contribution in [0.15, 0.2) is 48.5 Å². The molecule has 2 aliphatic heterocycles. The molecule has 0 aromatic heterocycles. The predicted octanol–water partition coefficient (Wildman–Crippen LogP) is 5.63. The number of aliphatic hydroxyl groups excluding tert-OH is 1. The lowest BCUT2D eigenvalue weighted by Gasteiger charge is -2.41. The zero-order chi connectivity index (χ0) is 30.6. The number of ether oxygens (including phenoxy) is 2. The van der Waals surface area contributed by atoms with Gasteiger partial charge in [-0.1, -0.05) is 57.2 Å². The maximum atomic E-state index is 12.6. The van der Waals surface area contributed by atoms with E-state index in [0.29, 0.717) is 35.4 Å². The number of benzene rings is 2. The van der Waals surface area contributed by atoms with E-state index in [-0.39, 0.29) is 37.6 Å². The molecule has 234 valence electrons. The summed E-state index contributed by atoms with van der Waals surface area (Å²) in [6.07, 6.45) is 5.16. The van der Waals surface area contributed by atoms with Crippen molar-refractivity contribution < 1.29 is 29.4 Å². The van der Waals surface area contributed by atoms with Crippen LogP contribution in [0.25, 0.3) is 0 Å². The van der Waals surface area contributed by atoms with Crippen LogP contribution in [0.3, 0.4) is 0 Å². The van der Waals surface area contributed by atoms with Crippen molar-refractivity contribution in [1.82, 2.24) is 10.4 Å². The molecule has 9 heteroatoms. The first-order valence-electron chi connectivity index (χ1n) is 15.6. The Labute approximate surface area is 254 Å². The Balaban J connectivity index is 1.29. The van der Waals surface area contributed by atoms with E-state index in [4.69, 9.17) is 14.7 Å². The standard InChI is InChI=1S/C34H47N3O6/c1-33(2)17-27-18-34(3,21-33)22-37(27)19-28-16-29(24-13-11-23(20-38)12-14-24)43-32(42-28)25-7-6-8-26(15-25)35-30(39)9-4-5-10-31(40)36-41/h6-8,11-15,27-29,32,38,41H,4-5,9-10,16-22H2,1-3H3,(H,35,39)(H,36,40)/t27?,28-,29+,32+,34?/m0/s1. The molecule has 9 nitrogen and oxygen atoms in total. The summed E-state index contributed by atoms with van der Waals surface area (Å²) in [5, 5.41) is 21.1. The number of fused-ring (bicyclic) bond motifs is 2. The highest BCUT2D eigenvalue weighted by molar-refractivity contribution is 5.90. The second-order valence-corrected chi connectivity index (χ2v) is 13.9. The van der Waals surface area contributed by atoms with Crippen molar-refractivity contribution in [1.29, 1.82) is 0 Å². The van der Waals surface area contributed by atoms with Crippen molar-refractivity contribution in [3.8, 4) is 0 Å². The van der Waals surface area contributed by atoms with Gasteiger partial charge in [-0.3, -0.25) is 19.7 Å². The van der Waals surface area contributed by atoms with Gasteiger partial charge in [0.25, 0.3) is 0 Å². The van der Waals surface area contributed by atoms with Gasteiger partial charge in [0.1, 0.15) is 0 Å². The summed E-state index contributed by atoms with van der Waals surface area (Å²) in [6.45, 7) is 9.18. The van der Waals surface area contributed by atoms with Crippen molar-refractivity contribution >= 4 is 17.5 Å². The number of rotatable bonds is 11. The quantitative estimate of drug-likeness (QED) is 0.151. The molecule has 3 fully saturated rings. The molecule has 0 spiro atoms. The number of amides is 2. The normalized spacial score (nSPS) is 28.4. The third-order valence-electron chi connectivity index (χ3n) is 9.20. The summed E-state index contributed by atoms with van der Waals surface area (Å²) in [5.74, 6) is -0.587. The molecule has 1 aliphatic carbocycles. The fourth-order valence-electron chi connectivity index (χ4n) is 7.70. The van der Waals surface area contributed by atoms with Crippen LogP contribution in [0.2, 0.25) is 0 Å². The summed E-state index contributed by atoms with van der Waals surface area (Å²) in [7, 11) is 0. The van der Waals surface area contributed by atoms with Crippen LogP contribution < -0.4 is 10.8 Å². The fraction of sp³-hybridized carbons (Fsp3) is 0.588. The molecule has 2 heterocycles. The van der Waals surface area contributed by atoms with E-state index < -0.39 is 12.2 Å². The number of carbonyl (C=O) groups is 2. The van der Waals surface area contributed by atoms with Crippen LogP contribution in [0.4, 0.5) is 5.69 Å². The molecule has 4 N–H and O–H groups in total. The molecular formula is C34H47N3O6. The van der Waals surface area contributed by atoms with Gasteiger partial charge in [0.05, 0.1) is 18.8 Å².